The van der Waals surface area contributed by atoms with Crippen LogP contribution in [-0.2, 0) is 16.6 Å². The van der Waals surface area contributed by atoms with Crippen molar-refractivity contribution in [1.29, 1.82) is 0 Å². The third kappa shape index (κ3) is 4.47. The number of piperidine rings is 1. The zero-order chi connectivity index (χ0) is 26.4. The number of hydrogen-bond acceptors (Lipinski definition) is 6. The molecule has 1 aliphatic rings. The zero-order valence-electron chi connectivity index (χ0n) is 20.0. The number of halogens is 2. The van der Waals surface area contributed by atoms with E-state index in [1.165, 1.54) is 8.99 Å². The van der Waals surface area contributed by atoms with Gasteiger partial charge in [0.15, 0.2) is 11.2 Å². The van der Waals surface area contributed by atoms with Crippen LogP contribution in [0, 0.1) is 0 Å². The van der Waals surface area contributed by atoms with Crippen molar-refractivity contribution in [2.24, 2.45) is 0 Å². The van der Waals surface area contributed by atoms with Crippen LogP contribution in [0.1, 0.15) is 30.1 Å². The lowest BCUT2D eigenvalue weighted by Crippen LogP contribution is -2.38. The van der Waals surface area contributed by atoms with Gasteiger partial charge in [0.05, 0.1) is 11.4 Å². The van der Waals surface area contributed by atoms with Gasteiger partial charge in [-0.2, -0.15) is 4.31 Å². The average Bonchev–Trinajstić information content (AvgIpc) is 3.33. The van der Waals surface area contributed by atoms with Crippen molar-refractivity contribution in [2.45, 2.75) is 30.2 Å². The third-order valence-electron chi connectivity index (χ3n) is 6.94. The van der Waals surface area contributed by atoms with Gasteiger partial charge in [0.1, 0.15) is 5.82 Å². The Bertz CT molecular complexity index is 1840. The topological polar surface area (TPSA) is 114 Å². The highest BCUT2D eigenvalue weighted by Crippen LogP contribution is 2.32. The highest BCUT2D eigenvalue weighted by molar-refractivity contribution is 7.89. The van der Waals surface area contributed by atoms with E-state index in [4.69, 9.17) is 28.2 Å². The molecule has 2 aromatic heterocycles. The molecule has 1 N–H and O–H groups in total. The number of nitrogens with one attached hydrogen (secondary N) is 1. The first-order valence-corrected chi connectivity index (χ1v) is 14.3. The Morgan fingerprint density at radius 2 is 1.76 bits per heavy atom. The number of sulfonamides is 1. The van der Waals surface area contributed by atoms with Gasteiger partial charge in [0, 0.05) is 34.4 Å². The number of benzene rings is 3. The summed E-state index contributed by atoms with van der Waals surface area (Å²) in [7, 11) is -3.68. The van der Waals surface area contributed by atoms with E-state index in [1.807, 2.05) is 30.3 Å². The number of rotatable bonds is 5. The summed E-state index contributed by atoms with van der Waals surface area (Å²) in [6, 6.07) is 17.9. The number of hydrogen-bond donors (Lipinski definition) is 1. The van der Waals surface area contributed by atoms with Crippen LogP contribution in [0.5, 0.6) is 0 Å². The van der Waals surface area contributed by atoms with Gasteiger partial charge in [-0.1, -0.05) is 70.9 Å². The molecule has 0 unspecified atom stereocenters. The van der Waals surface area contributed by atoms with Crippen molar-refractivity contribution in [3.05, 3.63) is 92.5 Å². The van der Waals surface area contributed by atoms with Crippen molar-refractivity contribution >= 4 is 55.2 Å². The predicted molar refractivity (Wildman–Crippen MR) is 146 cm³/mol. The third-order valence-corrected chi connectivity index (χ3v) is 9.48. The second-order valence-electron chi connectivity index (χ2n) is 9.26. The molecule has 0 radical (unpaired) electrons. The molecule has 1 saturated heterocycles. The second kappa shape index (κ2) is 9.77. The monoisotopic (exact) mass is 568 g/mol. The van der Waals surface area contributed by atoms with Crippen LogP contribution in [0.3, 0.4) is 0 Å². The van der Waals surface area contributed by atoms with E-state index >= 15 is 0 Å². The van der Waals surface area contributed by atoms with Crippen molar-refractivity contribution in [3.8, 4) is 0 Å². The molecule has 0 spiro atoms. The summed E-state index contributed by atoms with van der Waals surface area (Å²) < 4.78 is 30.1. The molecule has 38 heavy (non-hydrogen) atoms. The number of aromatic amines is 1. The van der Waals surface area contributed by atoms with Crippen molar-refractivity contribution in [2.75, 3.05) is 13.1 Å². The molecule has 3 heterocycles. The maximum absolute atomic E-state index is 13.5. The normalized spacial score (nSPS) is 15.4. The van der Waals surface area contributed by atoms with Crippen LogP contribution in [0.25, 0.3) is 21.9 Å². The fourth-order valence-electron chi connectivity index (χ4n) is 4.92. The van der Waals surface area contributed by atoms with Gasteiger partial charge >= 0.3 is 0 Å². The lowest BCUT2D eigenvalue weighted by atomic mass is 9.97. The molecule has 12 heteroatoms. The van der Waals surface area contributed by atoms with Crippen molar-refractivity contribution < 1.29 is 8.42 Å². The van der Waals surface area contributed by atoms with Gasteiger partial charge < -0.3 is 4.98 Å². The summed E-state index contributed by atoms with van der Waals surface area (Å²) in [4.78, 5) is 20.6. The van der Waals surface area contributed by atoms with Gasteiger partial charge in [-0.3, -0.25) is 4.79 Å². The molecule has 5 aromatic rings. The Balaban J connectivity index is 1.25. The lowest BCUT2D eigenvalue weighted by molar-refractivity contribution is 0.313. The van der Waals surface area contributed by atoms with E-state index in [0.717, 1.165) is 10.9 Å². The summed E-state index contributed by atoms with van der Waals surface area (Å²) in [6.45, 7) is 0.899. The van der Waals surface area contributed by atoms with E-state index in [9.17, 15) is 13.2 Å². The highest BCUT2D eigenvalue weighted by atomic mass is 35.5. The molecule has 0 aliphatic carbocycles. The molecule has 0 amide bonds. The van der Waals surface area contributed by atoms with Crippen LogP contribution in [0.15, 0.2) is 70.4 Å². The molecule has 6 rings (SSSR count). The SMILES string of the molecule is O=c1[nH]c(C2CCN(S(=O)(=O)c3cccc4ccccc34)CC2)nc2c1nnn2Cc1ccc(Cl)cc1Cl. The molecule has 1 aliphatic heterocycles. The Labute approximate surface area is 228 Å². The van der Waals surface area contributed by atoms with Gasteiger partial charge in [-0.05, 0) is 42.0 Å². The Morgan fingerprint density at radius 1 is 1.00 bits per heavy atom. The van der Waals surface area contributed by atoms with E-state index in [0.29, 0.717) is 57.7 Å². The Kier molecular flexibility index (Phi) is 6.43. The van der Waals surface area contributed by atoms with E-state index in [2.05, 4.69) is 15.3 Å². The van der Waals surface area contributed by atoms with Crippen LogP contribution in [-0.4, -0.2) is 50.8 Å². The lowest BCUT2D eigenvalue weighted by Gasteiger charge is -2.31. The molecule has 194 valence electrons. The average molecular weight is 569 g/mol. The summed E-state index contributed by atoms with van der Waals surface area (Å²) in [5.41, 5.74) is 0.859. The molecule has 9 nitrogen and oxygen atoms in total. The summed E-state index contributed by atoms with van der Waals surface area (Å²) in [6.07, 6.45) is 1.03. The Hall–Kier alpha value is -3.31. The molecule has 0 atom stereocenters. The van der Waals surface area contributed by atoms with E-state index < -0.39 is 10.0 Å². The van der Waals surface area contributed by atoms with E-state index in [1.54, 1.807) is 30.3 Å². The fraction of sp³-hybridized carbons (Fsp3) is 0.231. The minimum Gasteiger partial charge on any atom is -0.308 e. The molecular weight excluding hydrogens is 547 g/mol. The maximum Gasteiger partial charge on any atom is 0.281 e. The standard InChI is InChI=1S/C26H22Cl2N6O3S/c27-19-9-8-18(21(28)14-19)15-34-25-23(31-32-34)26(35)30-24(29-25)17-10-12-33(13-11-17)38(36,37)22-7-3-5-16-4-1-2-6-20(16)22/h1-9,14,17H,10-13,15H2,(H,29,30,35). The Morgan fingerprint density at radius 3 is 2.55 bits per heavy atom. The fourth-order valence-corrected chi connectivity index (χ4v) is 7.08. The number of aromatic nitrogens is 5. The summed E-state index contributed by atoms with van der Waals surface area (Å²) >= 11 is 12.3. The molecule has 3 aromatic carbocycles. The number of H-pyrrole nitrogens is 1. The van der Waals surface area contributed by atoms with Crippen molar-refractivity contribution in [1.82, 2.24) is 29.3 Å². The minimum absolute atomic E-state index is 0.117. The first-order valence-electron chi connectivity index (χ1n) is 12.1. The van der Waals surface area contributed by atoms with Gasteiger partial charge in [0.2, 0.25) is 10.0 Å². The van der Waals surface area contributed by atoms with Crippen LogP contribution in [0.2, 0.25) is 10.0 Å². The van der Waals surface area contributed by atoms with Gasteiger partial charge in [-0.25, -0.2) is 18.1 Å². The first kappa shape index (κ1) is 25.0. The zero-order valence-corrected chi connectivity index (χ0v) is 22.3. The molecule has 0 saturated carbocycles. The number of nitrogens with zero attached hydrogens (tertiary/aromatic N) is 5. The predicted octanol–water partition coefficient (Wildman–Crippen LogP) is 4.59. The second-order valence-corrected chi connectivity index (χ2v) is 12.0. The van der Waals surface area contributed by atoms with Crippen LogP contribution in [0.4, 0.5) is 0 Å². The quantitative estimate of drug-likeness (QED) is 0.331. The summed E-state index contributed by atoms with van der Waals surface area (Å²) in [5.74, 6) is 0.379. The van der Waals surface area contributed by atoms with Crippen LogP contribution < -0.4 is 5.56 Å². The smallest absolute Gasteiger partial charge is 0.281 e. The number of fused-ring (bicyclic) bond motifs is 2. The molecule has 0 bridgehead atoms. The largest absolute Gasteiger partial charge is 0.308 e. The van der Waals surface area contributed by atoms with Crippen LogP contribution >= 0.6 is 23.2 Å². The maximum atomic E-state index is 13.5. The first-order chi connectivity index (χ1) is 18.3. The minimum atomic E-state index is -3.68. The molecular formula is C26H22Cl2N6O3S. The van der Waals surface area contributed by atoms with E-state index in [-0.39, 0.29) is 23.5 Å². The van der Waals surface area contributed by atoms with Crippen molar-refractivity contribution in [3.63, 3.8) is 0 Å². The summed E-state index contributed by atoms with van der Waals surface area (Å²) in [5, 5.41) is 10.7. The highest BCUT2D eigenvalue weighted by Gasteiger charge is 2.32. The molecule has 1 fully saturated rings. The van der Waals surface area contributed by atoms with Gasteiger partial charge in [-0.15, -0.1) is 5.10 Å². The van der Waals surface area contributed by atoms with Gasteiger partial charge in [0.25, 0.3) is 5.56 Å².